The van der Waals surface area contributed by atoms with Gasteiger partial charge in [0.1, 0.15) is 17.4 Å². The van der Waals surface area contributed by atoms with Gasteiger partial charge in [-0.2, -0.15) is 0 Å². The molecule has 0 bridgehead atoms. The Bertz CT molecular complexity index is 967. The topological polar surface area (TPSA) is 84.1 Å². The summed E-state index contributed by atoms with van der Waals surface area (Å²) in [6, 6.07) is 13.7. The number of benzene rings is 1. The summed E-state index contributed by atoms with van der Waals surface area (Å²) in [6.07, 6.45) is 3.08. The van der Waals surface area contributed by atoms with Crippen LogP contribution in [-0.4, -0.2) is 23.0 Å². The number of carbonyl (C=O) groups excluding carboxylic acids is 1. The van der Waals surface area contributed by atoms with Crippen LogP contribution in [0.1, 0.15) is 33.4 Å². The average molecular weight is 349 g/mol. The number of nitrogens with zero attached hydrogens (tertiary/aromatic N) is 1. The molecule has 2 aromatic heterocycles. The number of H-pyrrole nitrogens is 1. The number of carbonyl (C=O) groups is 1. The fraction of sp³-hybridized carbons (Fsp3) is 0.150. The van der Waals surface area contributed by atoms with Crippen LogP contribution < -0.4 is 15.5 Å². The third kappa shape index (κ3) is 3.64. The minimum absolute atomic E-state index is 0.0476. The van der Waals surface area contributed by atoms with Gasteiger partial charge in [-0.1, -0.05) is 24.3 Å². The molecule has 0 saturated carbocycles. The zero-order valence-corrected chi connectivity index (χ0v) is 14.5. The number of amides is 1. The number of aryl methyl sites for hydroxylation is 1. The molecule has 6 nitrogen and oxygen atoms in total. The summed E-state index contributed by atoms with van der Waals surface area (Å²) >= 11 is 0. The first-order valence-electron chi connectivity index (χ1n) is 8.14. The Hall–Kier alpha value is -3.41. The lowest BCUT2D eigenvalue weighted by atomic mass is 10.0. The van der Waals surface area contributed by atoms with Gasteiger partial charge in [0.15, 0.2) is 5.43 Å². The predicted molar refractivity (Wildman–Crippen MR) is 98.3 cm³/mol. The summed E-state index contributed by atoms with van der Waals surface area (Å²) in [7, 11) is 1.57. The average Bonchev–Trinajstić information content (AvgIpc) is 2.66. The van der Waals surface area contributed by atoms with Gasteiger partial charge in [0.05, 0.1) is 12.8 Å². The van der Waals surface area contributed by atoms with Gasteiger partial charge in [0.25, 0.3) is 5.91 Å². The van der Waals surface area contributed by atoms with Crippen molar-refractivity contribution in [2.75, 3.05) is 7.11 Å². The molecule has 0 saturated heterocycles. The number of aromatic nitrogens is 2. The summed E-state index contributed by atoms with van der Waals surface area (Å²) in [5.41, 5.74) is 1.81. The van der Waals surface area contributed by atoms with E-state index in [-0.39, 0.29) is 11.0 Å². The third-order valence-electron chi connectivity index (χ3n) is 4.01. The SMILES string of the molecule is COc1ccccc1C(NC(=O)c1c[nH]c(C)cc1=O)c1ccccn1. The molecule has 1 atom stereocenters. The molecule has 3 rings (SSSR count). The highest BCUT2D eigenvalue weighted by molar-refractivity contribution is 5.94. The molecule has 1 aromatic carbocycles. The van der Waals surface area contributed by atoms with E-state index >= 15 is 0 Å². The first-order valence-corrected chi connectivity index (χ1v) is 8.14. The largest absolute Gasteiger partial charge is 0.496 e. The Morgan fingerprint density at radius 2 is 1.96 bits per heavy atom. The lowest BCUT2D eigenvalue weighted by molar-refractivity contribution is 0.0940. The Kier molecular flexibility index (Phi) is 5.12. The van der Waals surface area contributed by atoms with Gasteiger partial charge in [0, 0.05) is 29.7 Å². The van der Waals surface area contributed by atoms with Crippen molar-refractivity contribution in [1.82, 2.24) is 15.3 Å². The molecule has 0 aliphatic rings. The Morgan fingerprint density at radius 3 is 2.65 bits per heavy atom. The molecule has 1 amide bonds. The number of para-hydroxylation sites is 1. The molecular weight excluding hydrogens is 330 g/mol. The van der Waals surface area contributed by atoms with Crippen molar-refractivity contribution >= 4 is 5.91 Å². The summed E-state index contributed by atoms with van der Waals surface area (Å²) in [4.78, 5) is 32.1. The second kappa shape index (κ2) is 7.65. The first-order chi connectivity index (χ1) is 12.6. The zero-order valence-electron chi connectivity index (χ0n) is 14.5. The minimum atomic E-state index is -0.555. The van der Waals surface area contributed by atoms with Crippen molar-refractivity contribution in [3.63, 3.8) is 0 Å². The van der Waals surface area contributed by atoms with Gasteiger partial charge >= 0.3 is 0 Å². The molecule has 2 heterocycles. The van der Waals surface area contributed by atoms with Crippen molar-refractivity contribution in [2.24, 2.45) is 0 Å². The molecule has 1 unspecified atom stereocenters. The fourth-order valence-electron chi connectivity index (χ4n) is 2.72. The molecule has 2 N–H and O–H groups in total. The third-order valence-corrected chi connectivity index (χ3v) is 4.01. The number of methoxy groups -OCH3 is 1. The van der Waals surface area contributed by atoms with Crippen molar-refractivity contribution in [1.29, 1.82) is 0 Å². The van der Waals surface area contributed by atoms with Gasteiger partial charge in [0.2, 0.25) is 0 Å². The number of hydrogen-bond acceptors (Lipinski definition) is 4. The maximum absolute atomic E-state index is 12.7. The predicted octanol–water partition coefficient (Wildman–Crippen LogP) is 2.61. The van der Waals surface area contributed by atoms with E-state index in [1.54, 1.807) is 26.3 Å². The maximum atomic E-state index is 12.7. The fourth-order valence-corrected chi connectivity index (χ4v) is 2.72. The van der Waals surface area contributed by atoms with E-state index < -0.39 is 11.9 Å². The summed E-state index contributed by atoms with van der Waals surface area (Å²) in [6.45, 7) is 1.76. The van der Waals surface area contributed by atoms with Crippen LogP contribution in [-0.2, 0) is 0 Å². The highest BCUT2D eigenvalue weighted by Crippen LogP contribution is 2.29. The van der Waals surface area contributed by atoms with Crippen molar-refractivity contribution in [3.05, 3.63) is 93.7 Å². The van der Waals surface area contributed by atoms with E-state index in [4.69, 9.17) is 4.74 Å². The Morgan fingerprint density at radius 1 is 1.19 bits per heavy atom. The molecule has 0 spiro atoms. The first kappa shape index (κ1) is 17.4. The Balaban J connectivity index is 2.02. The summed E-state index contributed by atoms with van der Waals surface area (Å²) in [5, 5.41) is 2.90. The normalized spacial score (nSPS) is 11.6. The van der Waals surface area contributed by atoms with Crippen LogP contribution in [0.2, 0.25) is 0 Å². The second-order valence-electron chi connectivity index (χ2n) is 5.80. The van der Waals surface area contributed by atoms with Crippen LogP contribution >= 0.6 is 0 Å². The van der Waals surface area contributed by atoms with E-state index in [9.17, 15) is 9.59 Å². The lowest BCUT2D eigenvalue weighted by Gasteiger charge is -2.21. The van der Waals surface area contributed by atoms with E-state index in [2.05, 4.69) is 15.3 Å². The van der Waals surface area contributed by atoms with E-state index in [1.165, 1.54) is 12.3 Å². The number of nitrogens with one attached hydrogen (secondary N) is 2. The van der Waals surface area contributed by atoms with Gasteiger partial charge < -0.3 is 15.0 Å². The van der Waals surface area contributed by atoms with Crippen LogP contribution in [0.5, 0.6) is 5.75 Å². The molecule has 3 aromatic rings. The van der Waals surface area contributed by atoms with Crippen LogP contribution in [0.15, 0.2) is 65.7 Å². The van der Waals surface area contributed by atoms with Crippen LogP contribution in [0, 0.1) is 6.92 Å². The Labute approximate surface area is 150 Å². The maximum Gasteiger partial charge on any atom is 0.257 e. The minimum Gasteiger partial charge on any atom is -0.496 e. The number of pyridine rings is 2. The van der Waals surface area contributed by atoms with Gasteiger partial charge in [-0.15, -0.1) is 0 Å². The van der Waals surface area contributed by atoms with Crippen molar-refractivity contribution in [2.45, 2.75) is 13.0 Å². The van der Waals surface area contributed by atoms with Crippen LogP contribution in [0.3, 0.4) is 0 Å². The quantitative estimate of drug-likeness (QED) is 0.742. The molecule has 0 aliphatic heterocycles. The highest BCUT2D eigenvalue weighted by Gasteiger charge is 2.23. The van der Waals surface area contributed by atoms with E-state index in [0.717, 1.165) is 5.56 Å². The monoisotopic (exact) mass is 349 g/mol. The van der Waals surface area contributed by atoms with Crippen LogP contribution in [0.4, 0.5) is 0 Å². The molecule has 26 heavy (non-hydrogen) atoms. The molecular formula is C20H19N3O3. The standard InChI is InChI=1S/C20H19N3O3/c1-13-11-17(24)15(12-22-13)20(25)23-19(16-8-5-6-10-21-16)14-7-3-4-9-18(14)26-2/h3-12,19H,1-2H3,(H,22,24)(H,23,25). The molecule has 6 heteroatoms. The number of rotatable bonds is 5. The lowest BCUT2D eigenvalue weighted by Crippen LogP contribution is -2.33. The van der Waals surface area contributed by atoms with E-state index in [0.29, 0.717) is 17.1 Å². The zero-order chi connectivity index (χ0) is 18.5. The number of ether oxygens (including phenoxy) is 1. The molecule has 0 fully saturated rings. The van der Waals surface area contributed by atoms with Gasteiger partial charge in [-0.05, 0) is 25.1 Å². The molecule has 132 valence electrons. The molecule has 0 radical (unpaired) electrons. The van der Waals surface area contributed by atoms with Crippen molar-refractivity contribution in [3.8, 4) is 5.75 Å². The van der Waals surface area contributed by atoms with Crippen LogP contribution in [0.25, 0.3) is 0 Å². The highest BCUT2D eigenvalue weighted by atomic mass is 16.5. The van der Waals surface area contributed by atoms with Gasteiger partial charge in [-0.3, -0.25) is 14.6 Å². The van der Waals surface area contributed by atoms with Gasteiger partial charge in [-0.25, -0.2) is 0 Å². The van der Waals surface area contributed by atoms with Crippen molar-refractivity contribution < 1.29 is 9.53 Å². The smallest absolute Gasteiger partial charge is 0.257 e. The number of hydrogen-bond donors (Lipinski definition) is 2. The van der Waals surface area contributed by atoms with E-state index in [1.807, 2.05) is 36.4 Å². The molecule has 0 aliphatic carbocycles. The second-order valence-corrected chi connectivity index (χ2v) is 5.80. The summed E-state index contributed by atoms with van der Waals surface area (Å²) in [5.74, 6) is 0.147. The number of aromatic amines is 1. The summed E-state index contributed by atoms with van der Waals surface area (Å²) < 4.78 is 5.43.